The summed E-state index contributed by atoms with van der Waals surface area (Å²) >= 11 is 0. The molecule has 0 saturated carbocycles. The summed E-state index contributed by atoms with van der Waals surface area (Å²) in [5.74, 6) is -0.0724. The van der Waals surface area contributed by atoms with Gasteiger partial charge in [-0.3, -0.25) is 14.5 Å². The van der Waals surface area contributed by atoms with Crippen molar-refractivity contribution in [3.63, 3.8) is 0 Å². The first kappa shape index (κ1) is 27.3. The molecule has 1 heterocycles. The smallest absolute Gasteiger partial charge is 0.241 e. The van der Waals surface area contributed by atoms with Crippen LogP contribution < -0.4 is 10.0 Å². The molecule has 1 saturated heterocycles. The Hall–Kier alpha value is -1.97. The summed E-state index contributed by atoms with van der Waals surface area (Å²) < 4.78 is 28.6. The van der Waals surface area contributed by atoms with E-state index in [-0.39, 0.29) is 30.8 Å². The second kappa shape index (κ2) is 11.4. The highest BCUT2D eigenvalue weighted by atomic mass is 32.2. The van der Waals surface area contributed by atoms with Crippen molar-refractivity contribution in [2.45, 2.75) is 72.2 Å². The van der Waals surface area contributed by atoms with Gasteiger partial charge in [-0.15, -0.1) is 0 Å². The summed E-state index contributed by atoms with van der Waals surface area (Å²) in [6, 6.07) is 0.157. The number of benzene rings is 1. The Morgan fingerprint density at radius 3 is 1.94 bits per heavy atom. The minimum absolute atomic E-state index is 0.00528. The highest BCUT2D eigenvalue weighted by molar-refractivity contribution is 7.89. The maximum atomic E-state index is 13.0. The molecular formula is C24H40N4O4S. The third kappa shape index (κ3) is 6.77. The van der Waals surface area contributed by atoms with Crippen LogP contribution in [-0.4, -0.2) is 75.3 Å². The molecule has 9 heteroatoms. The number of nitrogens with one attached hydrogen (secondary N) is 2. The SMILES string of the molecule is CCC(C)NC(=O)CN1CCN(C(=O)CCNS(=O)(=O)c2c(C)c(C)c(C)c(C)c2C)CC1. The lowest BCUT2D eigenvalue weighted by Crippen LogP contribution is -2.52. The number of hydrogen-bond acceptors (Lipinski definition) is 5. The Bertz CT molecular complexity index is 954. The van der Waals surface area contributed by atoms with Crippen LogP contribution in [0, 0.1) is 34.6 Å². The van der Waals surface area contributed by atoms with E-state index in [1.165, 1.54) is 0 Å². The zero-order valence-electron chi connectivity index (χ0n) is 21.2. The molecule has 0 aliphatic carbocycles. The first-order chi connectivity index (χ1) is 15.4. The van der Waals surface area contributed by atoms with E-state index in [4.69, 9.17) is 0 Å². The van der Waals surface area contributed by atoms with Crippen LogP contribution in [0.15, 0.2) is 4.90 Å². The molecule has 1 aliphatic rings. The average molecular weight is 481 g/mol. The van der Waals surface area contributed by atoms with Gasteiger partial charge in [0.1, 0.15) is 0 Å². The van der Waals surface area contributed by atoms with Gasteiger partial charge in [0.25, 0.3) is 0 Å². The van der Waals surface area contributed by atoms with Gasteiger partial charge in [0.05, 0.1) is 11.4 Å². The Morgan fingerprint density at radius 2 is 1.42 bits per heavy atom. The summed E-state index contributed by atoms with van der Waals surface area (Å²) in [5, 5.41) is 2.96. The molecule has 1 unspecified atom stereocenters. The first-order valence-electron chi connectivity index (χ1n) is 11.7. The lowest BCUT2D eigenvalue weighted by molar-refractivity contribution is -0.133. The maximum absolute atomic E-state index is 13.0. The number of amides is 2. The second-order valence-corrected chi connectivity index (χ2v) is 10.8. The monoisotopic (exact) mass is 480 g/mol. The standard InChI is InChI=1S/C24H40N4O4S/c1-8-16(2)26-22(29)15-27-11-13-28(14-12-27)23(30)9-10-25-33(31,32)24-20(6)18(4)17(3)19(5)21(24)7/h16,25H,8-15H2,1-7H3,(H,26,29). The molecule has 1 aromatic rings. The van der Waals surface area contributed by atoms with E-state index in [9.17, 15) is 18.0 Å². The van der Waals surface area contributed by atoms with Crippen LogP contribution in [0.4, 0.5) is 0 Å². The summed E-state index contributed by atoms with van der Waals surface area (Å²) in [5.41, 5.74) is 4.57. The number of hydrogen-bond donors (Lipinski definition) is 2. The molecule has 33 heavy (non-hydrogen) atoms. The molecule has 186 valence electrons. The van der Waals surface area contributed by atoms with E-state index >= 15 is 0 Å². The fraction of sp³-hybridized carbons (Fsp3) is 0.667. The van der Waals surface area contributed by atoms with Crippen molar-refractivity contribution in [2.75, 3.05) is 39.3 Å². The number of carbonyl (C=O) groups is 2. The van der Waals surface area contributed by atoms with Gasteiger partial charge in [-0.25, -0.2) is 13.1 Å². The summed E-state index contributed by atoms with van der Waals surface area (Å²) in [6.07, 6.45) is 0.996. The van der Waals surface area contributed by atoms with E-state index in [2.05, 4.69) is 10.0 Å². The molecule has 0 spiro atoms. The molecule has 0 bridgehead atoms. The molecule has 2 amide bonds. The molecule has 2 N–H and O–H groups in total. The zero-order valence-corrected chi connectivity index (χ0v) is 22.0. The summed E-state index contributed by atoms with van der Waals surface area (Å²) in [7, 11) is -3.72. The molecule has 2 rings (SSSR count). The Balaban J connectivity index is 1.87. The third-order valence-electron chi connectivity index (χ3n) is 6.94. The molecule has 0 radical (unpaired) electrons. The van der Waals surface area contributed by atoms with E-state index < -0.39 is 10.0 Å². The van der Waals surface area contributed by atoms with Crippen LogP contribution in [0.25, 0.3) is 0 Å². The minimum atomic E-state index is -3.72. The van der Waals surface area contributed by atoms with Gasteiger partial charge in [-0.05, 0) is 75.8 Å². The molecule has 8 nitrogen and oxygen atoms in total. The first-order valence-corrected chi connectivity index (χ1v) is 13.2. The van der Waals surface area contributed by atoms with E-state index in [1.807, 2.05) is 53.4 Å². The van der Waals surface area contributed by atoms with Gasteiger partial charge in [0, 0.05) is 45.2 Å². The van der Waals surface area contributed by atoms with Crippen molar-refractivity contribution in [2.24, 2.45) is 0 Å². The van der Waals surface area contributed by atoms with Crippen molar-refractivity contribution < 1.29 is 18.0 Å². The normalized spacial score (nSPS) is 16.0. The number of nitrogens with zero attached hydrogens (tertiary/aromatic N) is 2. The predicted molar refractivity (Wildman–Crippen MR) is 131 cm³/mol. The van der Waals surface area contributed by atoms with Crippen molar-refractivity contribution in [3.05, 3.63) is 27.8 Å². The second-order valence-electron chi connectivity index (χ2n) is 9.14. The largest absolute Gasteiger partial charge is 0.353 e. The van der Waals surface area contributed by atoms with Gasteiger partial charge in [0.2, 0.25) is 21.8 Å². The van der Waals surface area contributed by atoms with Gasteiger partial charge in [-0.1, -0.05) is 6.92 Å². The number of piperazine rings is 1. The van der Waals surface area contributed by atoms with Crippen molar-refractivity contribution in [3.8, 4) is 0 Å². The topological polar surface area (TPSA) is 98.8 Å². The Kier molecular flexibility index (Phi) is 9.46. The Morgan fingerprint density at radius 1 is 0.909 bits per heavy atom. The minimum Gasteiger partial charge on any atom is -0.353 e. The van der Waals surface area contributed by atoms with Crippen LogP contribution in [0.3, 0.4) is 0 Å². The number of rotatable bonds is 9. The average Bonchev–Trinajstić information content (AvgIpc) is 2.76. The summed E-state index contributed by atoms with van der Waals surface area (Å²) in [4.78, 5) is 28.8. The fourth-order valence-electron chi connectivity index (χ4n) is 4.17. The summed E-state index contributed by atoms with van der Waals surface area (Å²) in [6.45, 7) is 16.3. The molecule has 0 aromatic heterocycles. The lowest BCUT2D eigenvalue weighted by Gasteiger charge is -2.34. The zero-order chi connectivity index (χ0) is 24.9. The molecule has 1 fully saturated rings. The molecule has 1 atom stereocenters. The highest BCUT2D eigenvalue weighted by Crippen LogP contribution is 2.29. The van der Waals surface area contributed by atoms with Crippen LogP contribution in [0.5, 0.6) is 0 Å². The number of sulfonamides is 1. The van der Waals surface area contributed by atoms with E-state index in [0.29, 0.717) is 37.6 Å². The van der Waals surface area contributed by atoms with E-state index in [1.54, 1.807) is 4.90 Å². The maximum Gasteiger partial charge on any atom is 0.241 e. The van der Waals surface area contributed by atoms with Crippen molar-refractivity contribution in [1.82, 2.24) is 19.8 Å². The fourth-order valence-corrected chi connectivity index (χ4v) is 5.80. The highest BCUT2D eigenvalue weighted by Gasteiger charge is 2.25. The van der Waals surface area contributed by atoms with Crippen LogP contribution in [0.2, 0.25) is 0 Å². The number of carbonyl (C=O) groups excluding carboxylic acids is 2. The molecular weight excluding hydrogens is 440 g/mol. The van der Waals surface area contributed by atoms with Gasteiger partial charge in [-0.2, -0.15) is 0 Å². The van der Waals surface area contributed by atoms with E-state index in [0.717, 1.165) is 34.2 Å². The molecule has 1 aromatic carbocycles. The predicted octanol–water partition coefficient (Wildman–Crippen LogP) is 1.96. The quantitative estimate of drug-likeness (QED) is 0.563. The molecule has 1 aliphatic heterocycles. The Labute approximate surface area is 199 Å². The van der Waals surface area contributed by atoms with Crippen LogP contribution in [0.1, 0.15) is 54.5 Å². The van der Waals surface area contributed by atoms with Gasteiger partial charge < -0.3 is 10.2 Å². The van der Waals surface area contributed by atoms with Crippen molar-refractivity contribution in [1.29, 1.82) is 0 Å². The van der Waals surface area contributed by atoms with Gasteiger partial charge >= 0.3 is 0 Å². The lowest BCUT2D eigenvalue weighted by atomic mass is 9.95. The van der Waals surface area contributed by atoms with Crippen molar-refractivity contribution >= 4 is 21.8 Å². The van der Waals surface area contributed by atoms with Crippen LogP contribution in [-0.2, 0) is 19.6 Å². The van der Waals surface area contributed by atoms with Gasteiger partial charge in [0.15, 0.2) is 0 Å². The third-order valence-corrected chi connectivity index (χ3v) is 8.68. The van der Waals surface area contributed by atoms with Crippen LogP contribution >= 0.6 is 0 Å².